The molecule has 1 aliphatic rings. The zero-order chi connectivity index (χ0) is 22.1. The lowest BCUT2D eigenvalue weighted by Gasteiger charge is -2.26. The van der Waals surface area contributed by atoms with Crippen LogP contribution >= 0.6 is 0 Å². The number of benzene rings is 2. The molecule has 0 atom stereocenters. The zero-order valence-electron chi connectivity index (χ0n) is 17.9. The molecule has 2 aromatic heterocycles. The van der Waals surface area contributed by atoms with Gasteiger partial charge < -0.3 is 13.9 Å². The van der Waals surface area contributed by atoms with Gasteiger partial charge in [-0.15, -0.1) is 5.10 Å². The molecule has 2 aromatic carbocycles. The Balaban J connectivity index is 1.64. The van der Waals surface area contributed by atoms with Crippen molar-refractivity contribution < 1.29 is 13.9 Å². The van der Waals surface area contributed by atoms with Gasteiger partial charge in [0.25, 0.3) is 0 Å². The zero-order valence-corrected chi connectivity index (χ0v) is 17.9. The average Bonchev–Trinajstić information content (AvgIpc) is 3.31. The van der Waals surface area contributed by atoms with Crippen LogP contribution in [-0.2, 0) is 11.3 Å². The van der Waals surface area contributed by atoms with Crippen LogP contribution in [0.2, 0.25) is 0 Å². The minimum atomic E-state index is -0.186. The number of morpholine rings is 1. The van der Waals surface area contributed by atoms with E-state index in [1.165, 1.54) is 7.11 Å². The topological polar surface area (TPSA) is 95.5 Å². The molecule has 3 heterocycles. The first kappa shape index (κ1) is 20.3. The largest absolute Gasteiger partial charge is 0.490 e. The van der Waals surface area contributed by atoms with Crippen LogP contribution < -0.4 is 10.2 Å². The Morgan fingerprint density at radius 3 is 2.62 bits per heavy atom. The van der Waals surface area contributed by atoms with Crippen molar-refractivity contribution >= 4 is 11.0 Å². The summed E-state index contributed by atoms with van der Waals surface area (Å²) in [6.45, 7) is 5.25. The molecular formula is C23H23N5O4. The first-order valence-corrected chi connectivity index (χ1v) is 10.4. The highest BCUT2D eigenvalue weighted by Gasteiger charge is 2.22. The Morgan fingerprint density at radius 2 is 1.88 bits per heavy atom. The number of nitrogens with zero attached hydrogens (tertiary/aromatic N) is 5. The summed E-state index contributed by atoms with van der Waals surface area (Å²) in [6.07, 6.45) is 0. The summed E-state index contributed by atoms with van der Waals surface area (Å²) in [5.41, 5.74) is 2.75. The van der Waals surface area contributed by atoms with Crippen LogP contribution in [0, 0.1) is 6.92 Å². The number of aryl methyl sites for hydroxylation is 1. The number of methoxy groups -OCH3 is 1. The highest BCUT2D eigenvalue weighted by Crippen LogP contribution is 2.31. The van der Waals surface area contributed by atoms with Crippen LogP contribution in [0.1, 0.15) is 11.3 Å². The number of ether oxygens (including phenoxy) is 2. The number of hydrogen-bond acceptors (Lipinski definition) is 8. The Kier molecular flexibility index (Phi) is 5.42. The first-order chi connectivity index (χ1) is 15.7. The third-order valence-corrected chi connectivity index (χ3v) is 5.72. The van der Waals surface area contributed by atoms with E-state index >= 15 is 0 Å². The van der Waals surface area contributed by atoms with Crippen molar-refractivity contribution in [2.75, 3.05) is 33.4 Å². The summed E-state index contributed by atoms with van der Waals surface area (Å²) in [7, 11) is 1.50. The van der Waals surface area contributed by atoms with E-state index in [1.54, 1.807) is 10.7 Å². The quantitative estimate of drug-likeness (QED) is 0.474. The molecule has 1 aliphatic heterocycles. The van der Waals surface area contributed by atoms with Gasteiger partial charge >= 0.3 is 0 Å². The molecule has 0 saturated carbocycles. The Morgan fingerprint density at radius 1 is 1.09 bits per heavy atom. The summed E-state index contributed by atoms with van der Waals surface area (Å²) >= 11 is 0. The molecule has 0 bridgehead atoms. The van der Waals surface area contributed by atoms with E-state index in [-0.39, 0.29) is 11.2 Å². The number of para-hydroxylation sites is 1. The van der Waals surface area contributed by atoms with Gasteiger partial charge in [-0.2, -0.15) is 4.68 Å². The van der Waals surface area contributed by atoms with Crippen molar-refractivity contribution in [3.8, 4) is 22.8 Å². The maximum atomic E-state index is 13.2. The number of aromatic nitrogens is 4. The molecule has 9 nitrogen and oxygen atoms in total. The van der Waals surface area contributed by atoms with Gasteiger partial charge in [-0.05, 0) is 41.6 Å². The van der Waals surface area contributed by atoms with Crippen molar-refractivity contribution in [2.45, 2.75) is 13.5 Å². The molecule has 0 N–H and O–H groups in total. The maximum Gasteiger partial charge on any atom is 0.234 e. The molecule has 5 rings (SSSR count). The van der Waals surface area contributed by atoms with E-state index in [0.717, 1.165) is 29.9 Å². The Bertz CT molecular complexity index is 1310. The molecule has 1 fully saturated rings. The predicted octanol–water partition coefficient (Wildman–Crippen LogP) is 2.58. The predicted molar refractivity (Wildman–Crippen MR) is 118 cm³/mol. The molecule has 164 valence electrons. The highest BCUT2D eigenvalue weighted by atomic mass is 16.5. The lowest BCUT2D eigenvalue weighted by atomic mass is 10.0. The van der Waals surface area contributed by atoms with Gasteiger partial charge in [-0.3, -0.25) is 9.69 Å². The molecule has 0 unspecified atom stereocenters. The second kappa shape index (κ2) is 8.52. The monoisotopic (exact) mass is 433 g/mol. The minimum absolute atomic E-state index is 0.186. The second-order valence-electron chi connectivity index (χ2n) is 7.64. The fourth-order valence-electron chi connectivity index (χ4n) is 4.03. The maximum absolute atomic E-state index is 13.2. The molecule has 9 heteroatoms. The summed E-state index contributed by atoms with van der Waals surface area (Å²) in [5, 5.41) is 12.7. The molecule has 0 amide bonds. The van der Waals surface area contributed by atoms with Gasteiger partial charge in [0.15, 0.2) is 11.6 Å². The van der Waals surface area contributed by atoms with E-state index in [2.05, 4.69) is 20.4 Å². The van der Waals surface area contributed by atoms with Crippen molar-refractivity contribution in [1.82, 2.24) is 25.1 Å². The third kappa shape index (κ3) is 3.55. The number of rotatable bonds is 5. The van der Waals surface area contributed by atoms with Crippen LogP contribution in [0.25, 0.3) is 28.0 Å². The first-order valence-electron chi connectivity index (χ1n) is 10.4. The summed E-state index contributed by atoms with van der Waals surface area (Å²) in [4.78, 5) is 15.4. The van der Waals surface area contributed by atoms with Gasteiger partial charge in [0.1, 0.15) is 5.58 Å². The number of hydrogen-bond donors (Lipinski definition) is 0. The SMILES string of the molecule is COc1c(CN2CCOCC2)oc2c(C)c(-c3nnnn3-c3ccccc3)ccc2c1=O. The standard InChI is InChI=1S/C23H23N5O4/c1-15-17(23-24-25-26-28(23)16-6-4-3-5-7-16)8-9-18-20(29)22(30-2)19(32-21(15)18)14-27-10-12-31-13-11-27/h3-9H,10-14H2,1-2H3. The van der Waals surface area contributed by atoms with Crippen LogP contribution in [0.5, 0.6) is 5.75 Å². The van der Waals surface area contributed by atoms with Gasteiger partial charge in [0.05, 0.1) is 37.9 Å². The third-order valence-electron chi connectivity index (χ3n) is 5.72. The van der Waals surface area contributed by atoms with E-state index in [1.807, 2.05) is 43.3 Å². The van der Waals surface area contributed by atoms with E-state index in [4.69, 9.17) is 13.9 Å². The molecular weight excluding hydrogens is 410 g/mol. The lowest BCUT2D eigenvalue weighted by Crippen LogP contribution is -2.36. The van der Waals surface area contributed by atoms with Crippen molar-refractivity contribution in [3.05, 3.63) is 64.0 Å². The molecule has 4 aromatic rings. The van der Waals surface area contributed by atoms with E-state index < -0.39 is 0 Å². The van der Waals surface area contributed by atoms with Gasteiger partial charge in [-0.25, -0.2) is 0 Å². The van der Waals surface area contributed by atoms with Crippen LogP contribution in [0.3, 0.4) is 0 Å². The smallest absolute Gasteiger partial charge is 0.234 e. The normalized spacial score (nSPS) is 14.7. The highest BCUT2D eigenvalue weighted by molar-refractivity contribution is 5.87. The average molecular weight is 433 g/mol. The Hall–Kier alpha value is -3.56. The Labute approximate surface area is 184 Å². The van der Waals surface area contributed by atoms with Gasteiger partial charge in [0.2, 0.25) is 11.2 Å². The van der Waals surface area contributed by atoms with Gasteiger partial charge in [-0.1, -0.05) is 18.2 Å². The fourth-order valence-corrected chi connectivity index (χ4v) is 4.03. The molecule has 0 aliphatic carbocycles. The van der Waals surface area contributed by atoms with E-state index in [0.29, 0.717) is 42.3 Å². The van der Waals surface area contributed by atoms with Crippen LogP contribution in [0.4, 0.5) is 0 Å². The van der Waals surface area contributed by atoms with Crippen molar-refractivity contribution in [1.29, 1.82) is 0 Å². The summed E-state index contributed by atoms with van der Waals surface area (Å²) < 4.78 is 18.8. The van der Waals surface area contributed by atoms with E-state index in [9.17, 15) is 4.79 Å². The summed E-state index contributed by atoms with van der Waals surface area (Å²) in [6, 6.07) is 13.3. The molecule has 32 heavy (non-hydrogen) atoms. The number of tetrazole rings is 1. The second-order valence-corrected chi connectivity index (χ2v) is 7.64. The van der Waals surface area contributed by atoms with Crippen molar-refractivity contribution in [2.24, 2.45) is 0 Å². The lowest BCUT2D eigenvalue weighted by molar-refractivity contribution is 0.0309. The van der Waals surface area contributed by atoms with Gasteiger partial charge in [0, 0.05) is 24.2 Å². The summed E-state index contributed by atoms with van der Waals surface area (Å²) in [5.74, 6) is 1.32. The molecule has 0 spiro atoms. The van der Waals surface area contributed by atoms with Crippen LogP contribution in [0.15, 0.2) is 51.7 Å². The van der Waals surface area contributed by atoms with Crippen LogP contribution in [-0.4, -0.2) is 58.5 Å². The number of fused-ring (bicyclic) bond motifs is 1. The molecule has 0 radical (unpaired) electrons. The molecule has 1 saturated heterocycles. The van der Waals surface area contributed by atoms with Crippen molar-refractivity contribution in [3.63, 3.8) is 0 Å². The minimum Gasteiger partial charge on any atom is -0.490 e. The fraction of sp³-hybridized carbons (Fsp3) is 0.304.